The molecule has 0 aromatic heterocycles. The fraction of sp³-hybridized carbons (Fsp3) is 0.130. The Morgan fingerprint density at radius 1 is 1.00 bits per heavy atom. The fourth-order valence-electron chi connectivity index (χ4n) is 2.99. The lowest BCUT2D eigenvalue weighted by Gasteiger charge is -2.13. The monoisotopic (exact) mass is 473 g/mol. The second-order valence-corrected chi connectivity index (χ2v) is 7.15. The van der Waals surface area contributed by atoms with E-state index in [2.05, 4.69) is 10.6 Å². The number of nitro benzene ring substituents is 1. The molecule has 0 spiro atoms. The van der Waals surface area contributed by atoms with Crippen molar-refractivity contribution in [3.05, 3.63) is 93.5 Å². The number of alkyl halides is 3. The number of carbonyl (C=O) groups is 2. The van der Waals surface area contributed by atoms with Crippen LogP contribution in [0.3, 0.4) is 0 Å². The summed E-state index contributed by atoms with van der Waals surface area (Å²) in [6.45, 7) is 0.924. The maximum absolute atomic E-state index is 13.0. The van der Waals surface area contributed by atoms with Crippen molar-refractivity contribution in [3.8, 4) is 0 Å². The molecule has 3 aromatic rings. The number of aryl methyl sites for hydroxylation is 1. The van der Waals surface area contributed by atoms with Gasteiger partial charge in [0.1, 0.15) is 5.69 Å². The Morgan fingerprint density at radius 2 is 1.74 bits per heavy atom. The fourth-order valence-corrected chi connectivity index (χ4v) is 2.99. The molecule has 0 aliphatic carbocycles. The van der Waals surface area contributed by atoms with Gasteiger partial charge in [-0.05, 0) is 48.9 Å². The zero-order valence-electron chi connectivity index (χ0n) is 17.7. The zero-order chi connectivity index (χ0) is 24.9. The molecule has 3 rings (SSSR count). The van der Waals surface area contributed by atoms with Crippen LogP contribution in [0.5, 0.6) is 0 Å². The van der Waals surface area contributed by atoms with Crippen molar-refractivity contribution in [2.75, 3.05) is 17.2 Å². The highest BCUT2D eigenvalue weighted by Crippen LogP contribution is 2.32. The average molecular weight is 473 g/mol. The second kappa shape index (κ2) is 10.0. The van der Waals surface area contributed by atoms with Gasteiger partial charge in [-0.15, -0.1) is 0 Å². The third-order valence-corrected chi connectivity index (χ3v) is 4.57. The highest BCUT2D eigenvalue weighted by Gasteiger charge is 2.30. The number of benzene rings is 3. The molecular weight excluding hydrogens is 455 g/mol. The van der Waals surface area contributed by atoms with Gasteiger partial charge in [0, 0.05) is 11.8 Å². The number of rotatable bonds is 7. The molecule has 0 heterocycles. The Labute approximate surface area is 191 Å². The Bertz CT molecular complexity index is 1240. The number of amides is 1. The normalized spacial score (nSPS) is 10.9. The summed E-state index contributed by atoms with van der Waals surface area (Å²) in [4.78, 5) is 35.2. The molecule has 0 radical (unpaired) electrons. The molecule has 11 heteroatoms. The predicted molar refractivity (Wildman–Crippen MR) is 118 cm³/mol. The van der Waals surface area contributed by atoms with Gasteiger partial charge in [0.15, 0.2) is 6.61 Å². The van der Waals surface area contributed by atoms with E-state index in [4.69, 9.17) is 4.74 Å². The Morgan fingerprint density at radius 3 is 2.44 bits per heavy atom. The Balaban J connectivity index is 1.69. The van der Waals surface area contributed by atoms with Crippen LogP contribution in [0.2, 0.25) is 0 Å². The molecule has 176 valence electrons. The van der Waals surface area contributed by atoms with Crippen molar-refractivity contribution in [2.45, 2.75) is 13.1 Å². The molecule has 2 N–H and O–H groups in total. The second-order valence-electron chi connectivity index (χ2n) is 7.15. The molecule has 8 nitrogen and oxygen atoms in total. The number of nitro groups is 1. The average Bonchev–Trinajstić information content (AvgIpc) is 2.78. The third kappa shape index (κ3) is 6.09. The van der Waals surface area contributed by atoms with Crippen LogP contribution in [0.15, 0.2) is 66.7 Å². The first kappa shape index (κ1) is 24.2. The van der Waals surface area contributed by atoms with Crippen molar-refractivity contribution in [1.29, 1.82) is 0 Å². The summed E-state index contributed by atoms with van der Waals surface area (Å²) in [6, 6.07) is 14.6. The van der Waals surface area contributed by atoms with Crippen molar-refractivity contribution in [3.63, 3.8) is 0 Å². The minimum Gasteiger partial charge on any atom is -0.452 e. The van der Waals surface area contributed by atoms with Gasteiger partial charge >= 0.3 is 12.1 Å². The molecule has 0 aliphatic heterocycles. The zero-order valence-corrected chi connectivity index (χ0v) is 17.7. The molecule has 0 saturated carbocycles. The van der Waals surface area contributed by atoms with E-state index in [1.807, 2.05) is 0 Å². The quantitative estimate of drug-likeness (QED) is 0.268. The molecule has 3 aromatic carbocycles. The van der Waals surface area contributed by atoms with E-state index >= 15 is 0 Å². The number of anilines is 3. The highest BCUT2D eigenvalue weighted by atomic mass is 19.4. The molecular formula is C23H18F3N3O5. The molecule has 34 heavy (non-hydrogen) atoms. The van der Waals surface area contributed by atoms with Crippen LogP contribution in [0.1, 0.15) is 21.5 Å². The number of halogens is 3. The van der Waals surface area contributed by atoms with Gasteiger partial charge in [-0.25, -0.2) is 4.79 Å². The number of carbonyl (C=O) groups excluding carboxylic acids is 2. The molecule has 0 unspecified atom stereocenters. The minimum atomic E-state index is -4.53. The van der Waals surface area contributed by atoms with Crippen LogP contribution < -0.4 is 10.6 Å². The van der Waals surface area contributed by atoms with Gasteiger partial charge in [-0.2, -0.15) is 13.2 Å². The van der Waals surface area contributed by atoms with Crippen molar-refractivity contribution < 1.29 is 32.4 Å². The van der Waals surface area contributed by atoms with E-state index in [-0.39, 0.29) is 28.3 Å². The van der Waals surface area contributed by atoms with Crippen LogP contribution in [0.25, 0.3) is 0 Å². The van der Waals surface area contributed by atoms with Crippen LogP contribution in [0.4, 0.5) is 35.9 Å². The predicted octanol–water partition coefficient (Wildman–Crippen LogP) is 5.46. The molecule has 1 amide bonds. The van der Waals surface area contributed by atoms with E-state index in [1.54, 1.807) is 19.1 Å². The van der Waals surface area contributed by atoms with E-state index in [0.29, 0.717) is 5.56 Å². The summed E-state index contributed by atoms with van der Waals surface area (Å²) >= 11 is 0. The summed E-state index contributed by atoms with van der Waals surface area (Å²) in [5.41, 5.74) is -0.353. The number of hydrogen-bond acceptors (Lipinski definition) is 6. The molecule has 0 saturated heterocycles. The number of hydrogen-bond donors (Lipinski definition) is 2. The van der Waals surface area contributed by atoms with Crippen LogP contribution in [-0.2, 0) is 15.7 Å². The SMILES string of the molecule is Cc1ccc(NC(=O)COC(=O)c2ccccc2Nc2cccc(C(F)(F)F)c2)c([N+](=O)[O-])c1. The lowest BCUT2D eigenvalue weighted by Crippen LogP contribution is -2.21. The van der Waals surface area contributed by atoms with Crippen molar-refractivity contribution in [2.24, 2.45) is 0 Å². The van der Waals surface area contributed by atoms with Gasteiger partial charge in [-0.3, -0.25) is 14.9 Å². The number of esters is 1. The van der Waals surface area contributed by atoms with E-state index in [9.17, 15) is 32.9 Å². The number of nitrogens with one attached hydrogen (secondary N) is 2. The van der Waals surface area contributed by atoms with E-state index in [0.717, 1.165) is 12.1 Å². The lowest BCUT2D eigenvalue weighted by molar-refractivity contribution is -0.384. The standard InChI is InChI=1S/C23H18F3N3O5/c1-14-9-10-19(20(11-14)29(32)33)28-21(30)13-34-22(31)17-7-2-3-8-18(17)27-16-6-4-5-15(12-16)23(24,25)26/h2-12,27H,13H2,1H3,(H,28,30). The largest absolute Gasteiger partial charge is 0.452 e. The van der Waals surface area contributed by atoms with Crippen LogP contribution in [-0.4, -0.2) is 23.4 Å². The minimum absolute atomic E-state index is 0.0194. The van der Waals surface area contributed by atoms with Crippen LogP contribution in [0, 0.1) is 17.0 Å². The first-order valence-electron chi connectivity index (χ1n) is 9.80. The maximum atomic E-state index is 13.0. The van der Waals surface area contributed by atoms with Gasteiger partial charge in [-0.1, -0.05) is 24.3 Å². The van der Waals surface area contributed by atoms with E-state index < -0.39 is 35.1 Å². The Hall–Kier alpha value is -4.41. The summed E-state index contributed by atoms with van der Waals surface area (Å²) in [7, 11) is 0. The smallest absolute Gasteiger partial charge is 0.416 e. The van der Waals surface area contributed by atoms with Crippen molar-refractivity contribution >= 4 is 34.6 Å². The highest BCUT2D eigenvalue weighted by molar-refractivity contribution is 5.99. The molecule has 0 bridgehead atoms. The Kier molecular flexibility index (Phi) is 7.15. The number of ether oxygens (including phenoxy) is 1. The first-order valence-corrected chi connectivity index (χ1v) is 9.80. The van der Waals surface area contributed by atoms with Crippen molar-refractivity contribution in [1.82, 2.24) is 0 Å². The van der Waals surface area contributed by atoms with Gasteiger partial charge in [0.25, 0.3) is 11.6 Å². The molecule has 0 atom stereocenters. The molecule has 0 fully saturated rings. The van der Waals surface area contributed by atoms with E-state index in [1.165, 1.54) is 42.5 Å². The van der Waals surface area contributed by atoms with Crippen LogP contribution >= 0.6 is 0 Å². The number of nitrogens with zero attached hydrogens (tertiary/aromatic N) is 1. The third-order valence-electron chi connectivity index (χ3n) is 4.57. The van der Waals surface area contributed by atoms with Gasteiger partial charge in [0.05, 0.1) is 21.7 Å². The summed E-state index contributed by atoms with van der Waals surface area (Å²) in [5, 5.41) is 16.2. The summed E-state index contributed by atoms with van der Waals surface area (Å²) in [6.07, 6.45) is -4.53. The van der Waals surface area contributed by atoms with Gasteiger partial charge < -0.3 is 15.4 Å². The lowest BCUT2D eigenvalue weighted by atomic mass is 10.1. The van der Waals surface area contributed by atoms with Gasteiger partial charge in [0.2, 0.25) is 0 Å². The first-order chi connectivity index (χ1) is 16.0. The number of para-hydroxylation sites is 1. The maximum Gasteiger partial charge on any atom is 0.416 e. The summed E-state index contributed by atoms with van der Waals surface area (Å²) < 4.78 is 43.9. The molecule has 0 aliphatic rings. The topological polar surface area (TPSA) is 111 Å². The summed E-state index contributed by atoms with van der Waals surface area (Å²) in [5.74, 6) is -1.72.